The molecule has 2 aromatic rings. The van der Waals surface area contributed by atoms with Crippen LogP contribution in [0.25, 0.3) is 0 Å². The van der Waals surface area contributed by atoms with Gasteiger partial charge in [-0.2, -0.15) is 0 Å². The smallest absolute Gasteiger partial charge is 0.129 e. The molecular weight excluding hydrogens is 256 g/mol. The van der Waals surface area contributed by atoms with E-state index < -0.39 is 11.6 Å². The fourth-order valence-electron chi connectivity index (χ4n) is 1.70. The molecule has 0 aliphatic heterocycles. The predicted molar refractivity (Wildman–Crippen MR) is 67.0 cm³/mol. The Morgan fingerprint density at radius 2 is 2.22 bits per heavy atom. The van der Waals surface area contributed by atoms with E-state index in [9.17, 15) is 8.78 Å². The molecule has 0 saturated carbocycles. The molecule has 3 N–H and O–H groups in total. The number of halogens is 2. The van der Waals surface area contributed by atoms with Crippen molar-refractivity contribution in [1.82, 2.24) is 10.4 Å². The summed E-state index contributed by atoms with van der Waals surface area (Å²) in [5, 5.41) is 2.80. The molecule has 1 aromatic carbocycles. The molecule has 0 aliphatic carbocycles. The number of aryl methyl sites for hydroxylation is 1. The molecular formula is C12H13F2N3S. The Hall–Kier alpha value is -1.37. The van der Waals surface area contributed by atoms with Gasteiger partial charge >= 0.3 is 0 Å². The number of nitrogens with zero attached hydrogens (tertiary/aromatic N) is 1. The van der Waals surface area contributed by atoms with E-state index in [2.05, 4.69) is 10.4 Å². The van der Waals surface area contributed by atoms with Gasteiger partial charge in [0.1, 0.15) is 11.6 Å². The third-order valence-corrected chi connectivity index (χ3v) is 3.43. The number of hydrazine groups is 1. The highest BCUT2D eigenvalue weighted by atomic mass is 32.1. The van der Waals surface area contributed by atoms with Crippen molar-refractivity contribution in [3.05, 3.63) is 51.5 Å². The summed E-state index contributed by atoms with van der Waals surface area (Å²) in [6, 6.07) is 3.25. The van der Waals surface area contributed by atoms with Crippen molar-refractivity contribution in [3.63, 3.8) is 0 Å². The van der Waals surface area contributed by atoms with Crippen LogP contribution >= 0.6 is 11.3 Å². The van der Waals surface area contributed by atoms with Gasteiger partial charge in [-0.3, -0.25) is 11.3 Å². The van der Waals surface area contributed by atoms with Crippen LogP contribution in [0.5, 0.6) is 0 Å². The molecule has 0 spiro atoms. The van der Waals surface area contributed by atoms with E-state index in [1.807, 2.05) is 12.3 Å². The van der Waals surface area contributed by atoms with Gasteiger partial charge in [-0.1, -0.05) is 6.07 Å². The van der Waals surface area contributed by atoms with E-state index in [-0.39, 0.29) is 6.04 Å². The lowest BCUT2D eigenvalue weighted by molar-refractivity contribution is 0.514. The van der Waals surface area contributed by atoms with Crippen LogP contribution in [0.1, 0.15) is 22.3 Å². The number of thiazole rings is 1. The van der Waals surface area contributed by atoms with Crippen LogP contribution in [0.15, 0.2) is 23.6 Å². The van der Waals surface area contributed by atoms with Gasteiger partial charge in [0, 0.05) is 11.4 Å². The minimum Gasteiger partial charge on any atom is -0.271 e. The molecule has 0 fully saturated rings. The van der Waals surface area contributed by atoms with Gasteiger partial charge in [0.25, 0.3) is 0 Å². The molecule has 0 bridgehead atoms. The van der Waals surface area contributed by atoms with Gasteiger partial charge in [-0.15, -0.1) is 11.3 Å². The molecule has 0 amide bonds. The molecule has 1 aromatic heterocycles. The lowest BCUT2D eigenvalue weighted by Gasteiger charge is -2.14. The van der Waals surface area contributed by atoms with Gasteiger partial charge in [0.05, 0.1) is 16.7 Å². The van der Waals surface area contributed by atoms with Gasteiger partial charge < -0.3 is 0 Å². The second kappa shape index (κ2) is 5.51. The first-order valence-corrected chi connectivity index (χ1v) is 6.30. The van der Waals surface area contributed by atoms with Crippen LogP contribution in [0, 0.1) is 18.6 Å². The molecule has 1 heterocycles. The zero-order chi connectivity index (χ0) is 13.1. The highest BCUT2D eigenvalue weighted by Gasteiger charge is 2.16. The van der Waals surface area contributed by atoms with Crippen molar-refractivity contribution in [2.45, 2.75) is 19.4 Å². The van der Waals surface area contributed by atoms with Gasteiger partial charge in [-0.25, -0.2) is 13.8 Å². The number of rotatable bonds is 4. The van der Waals surface area contributed by atoms with Crippen molar-refractivity contribution in [1.29, 1.82) is 0 Å². The first-order chi connectivity index (χ1) is 8.60. The largest absolute Gasteiger partial charge is 0.271 e. The quantitative estimate of drug-likeness (QED) is 0.662. The van der Waals surface area contributed by atoms with Crippen LogP contribution < -0.4 is 11.3 Å². The van der Waals surface area contributed by atoms with Crippen molar-refractivity contribution < 1.29 is 8.78 Å². The lowest BCUT2D eigenvalue weighted by atomic mass is 10.0. The molecule has 2 rings (SSSR count). The Bertz CT molecular complexity index is 542. The molecule has 3 nitrogen and oxygen atoms in total. The first-order valence-electron chi connectivity index (χ1n) is 5.42. The average Bonchev–Trinajstić information content (AvgIpc) is 2.75. The predicted octanol–water partition coefficient (Wildman–Crippen LogP) is 2.48. The molecule has 6 heteroatoms. The Morgan fingerprint density at radius 1 is 1.44 bits per heavy atom. The number of benzene rings is 1. The lowest BCUT2D eigenvalue weighted by Crippen LogP contribution is -2.30. The zero-order valence-electron chi connectivity index (χ0n) is 9.78. The average molecular weight is 269 g/mol. The molecule has 0 radical (unpaired) electrons. The highest BCUT2D eigenvalue weighted by Crippen LogP contribution is 2.21. The Balaban J connectivity index is 2.20. The normalized spacial score (nSPS) is 12.7. The minimum atomic E-state index is -0.585. The third-order valence-electron chi connectivity index (χ3n) is 2.63. The molecule has 96 valence electrons. The second-order valence-electron chi connectivity index (χ2n) is 3.95. The number of nitrogens with two attached hydrogens (primary N) is 1. The fourth-order valence-corrected chi connectivity index (χ4v) is 2.36. The standard InChI is InChI=1S/C12H13F2N3S/c1-7-16-12(6-18-7)11(17-15)4-8-2-3-9(13)5-10(8)14/h2-3,5-6,11,17H,4,15H2,1H3. The second-order valence-corrected chi connectivity index (χ2v) is 5.01. The maximum Gasteiger partial charge on any atom is 0.129 e. The topological polar surface area (TPSA) is 50.9 Å². The number of nitrogens with one attached hydrogen (secondary N) is 1. The summed E-state index contributed by atoms with van der Waals surface area (Å²) >= 11 is 1.50. The van der Waals surface area contributed by atoms with Gasteiger partial charge in [-0.05, 0) is 25.0 Å². The summed E-state index contributed by atoms with van der Waals surface area (Å²) in [6.45, 7) is 1.89. The zero-order valence-corrected chi connectivity index (χ0v) is 10.6. The summed E-state index contributed by atoms with van der Waals surface area (Å²) in [4.78, 5) is 4.30. The van der Waals surface area contributed by atoms with Crippen LogP contribution in [0.4, 0.5) is 8.78 Å². The third kappa shape index (κ3) is 2.90. The van der Waals surface area contributed by atoms with Crippen LogP contribution in [-0.4, -0.2) is 4.98 Å². The van der Waals surface area contributed by atoms with Crippen molar-refractivity contribution in [2.24, 2.45) is 5.84 Å². The Labute approximate surface area is 108 Å². The van der Waals surface area contributed by atoms with Crippen LogP contribution in [0.2, 0.25) is 0 Å². The first kappa shape index (κ1) is 13.1. The van der Waals surface area contributed by atoms with E-state index in [0.29, 0.717) is 12.0 Å². The van der Waals surface area contributed by atoms with Crippen molar-refractivity contribution >= 4 is 11.3 Å². The van der Waals surface area contributed by atoms with Crippen molar-refractivity contribution in [3.8, 4) is 0 Å². The maximum absolute atomic E-state index is 13.5. The number of aromatic nitrogens is 1. The number of hydrogen-bond acceptors (Lipinski definition) is 4. The summed E-state index contributed by atoms with van der Waals surface area (Å²) in [5.41, 5.74) is 3.78. The monoisotopic (exact) mass is 269 g/mol. The van der Waals surface area contributed by atoms with E-state index >= 15 is 0 Å². The SMILES string of the molecule is Cc1nc(C(Cc2ccc(F)cc2F)NN)cs1. The van der Waals surface area contributed by atoms with E-state index in [4.69, 9.17) is 5.84 Å². The number of hydrogen-bond donors (Lipinski definition) is 2. The van der Waals surface area contributed by atoms with Crippen molar-refractivity contribution in [2.75, 3.05) is 0 Å². The molecule has 1 atom stereocenters. The van der Waals surface area contributed by atoms with E-state index in [0.717, 1.165) is 16.8 Å². The molecule has 1 unspecified atom stereocenters. The summed E-state index contributed by atoms with van der Waals surface area (Å²) < 4.78 is 26.3. The summed E-state index contributed by atoms with van der Waals surface area (Å²) in [6.07, 6.45) is 0.325. The van der Waals surface area contributed by atoms with E-state index in [1.165, 1.54) is 23.5 Å². The summed E-state index contributed by atoms with van der Waals surface area (Å²) in [7, 11) is 0. The van der Waals surface area contributed by atoms with Crippen LogP contribution in [0.3, 0.4) is 0 Å². The Morgan fingerprint density at radius 3 is 2.78 bits per heavy atom. The van der Waals surface area contributed by atoms with E-state index in [1.54, 1.807) is 0 Å². The van der Waals surface area contributed by atoms with Gasteiger partial charge in [0.2, 0.25) is 0 Å². The molecule has 0 saturated heterocycles. The maximum atomic E-state index is 13.5. The molecule has 18 heavy (non-hydrogen) atoms. The molecule has 0 aliphatic rings. The Kier molecular flexibility index (Phi) is 4.00. The minimum absolute atomic E-state index is 0.282. The van der Waals surface area contributed by atoms with Crippen LogP contribution in [-0.2, 0) is 6.42 Å². The fraction of sp³-hybridized carbons (Fsp3) is 0.250. The van der Waals surface area contributed by atoms with Gasteiger partial charge in [0.15, 0.2) is 0 Å². The summed E-state index contributed by atoms with van der Waals surface area (Å²) in [5.74, 6) is 4.31. The highest BCUT2D eigenvalue weighted by molar-refractivity contribution is 7.09.